The van der Waals surface area contributed by atoms with Crippen LogP contribution in [0.3, 0.4) is 0 Å². The number of ether oxygens (including phenoxy) is 1. The average Bonchev–Trinajstić information content (AvgIpc) is 2.90. The van der Waals surface area contributed by atoms with E-state index >= 15 is 0 Å². The number of aromatic nitrogens is 2. The summed E-state index contributed by atoms with van der Waals surface area (Å²) in [7, 11) is 0. The molecule has 112 valence electrons. The van der Waals surface area contributed by atoms with E-state index in [4.69, 9.17) is 4.74 Å². The normalized spacial score (nSPS) is 10.6. The Morgan fingerprint density at radius 3 is 2.86 bits per heavy atom. The van der Waals surface area contributed by atoms with Gasteiger partial charge in [0.05, 0.1) is 17.1 Å². The summed E-state index contributed by atoms with van der Waals surface area (Å²) in [6.07, 6.45) is 4.12. The number of rotatable bonds is 7. The van der Waals surface area contributed by atoms with E-state index in [1.165, 1.54) is 12.1 Å². The van der Waals surface area contributed by atoms with Crippen molar-refractivity contribution in [1.82, 2.24) is 9.97 Å². The first-order chi connectivity index (χ1) is 10.0. The van der Waals surface area contributed by atoms with Crippen LogP contribution in [0, 0.1) is 10.1 Å². The lowest BCUT2D eigenvalue weighted by Gasteiger charge is -2.12. The molecule has 2 rings (SSSR count). The molecule has 0 aliphatic heterocycles. The summed E-state index contributed by atoms with van der Waals surface area (Å²) in [6, 6.07) is 4.68. The third-order valence-corrected chi connectivity index (χ3v) is 2.72. The van der Waals surface area contributed by atoms with Gasteiger partial charge in [-0.25, -0.2) is 4.98 Å². The summed E-state index contributed by atoms with van der Waals surface area (Å²) in [5.74, 6) is 1.35. The lowest BCUT2D eigenvalue weighted by molar-refractivity contribution is -0.384. The largest absolute Gasteiger partial charge is 0.491 e. The molecule has 1 aromatic heterocycles. The van der Waals surface area contributed by atoms with E-state index in [1.807, 2.05) is 13.8 Å². The fraction of sp³-hybridized carbons (Fsp3) is 0.357. The molecule has 0 saturated heterocycles. The molecular weight excluding hydrogens is 272 g/mol. The minimum absolute atomic E-state index is 0.00801. The quantitative estimate of drug-likeness (QED) is 0.604. The van der Waals surface area contributed by atoms with Crippen molar-refractivity contribution >= 4 is 11.4 Å². The minimum Gasteiger partial charge on any atom is -0.491 e. The van der Waals surface area contributed by atoms with Crippen LogP contribution in [0.15, 0.2) is 30.6 Å². The molecule has 2 N–H and O–H groups in total. The fourth-order valence-electron chi connectivity index (χ4n) is 1.89. The molecule has 0 saturated carbocycles. The molecule has 0 amide bonds. The number of nitrogens with zero attached hydrogens (tertiary/aromatic N) is 2. The van der Waals surface area contributed by atoms with Crippen molar-refractivity contribution in [2.45, 2.75) is 26.4 Å². The lowest BCUT2D eigenvalue weighted by Crippen LogP contribution is -2.08. The van der Waals surface area contributed by atoms with E-state index in [1.54, 1.807) is 18.5 Å². The van der Waals surface area contributed by atoms with Crippen LogP contribution in [0.2, 0.25) is 0 Å². The van der Waals surface area contributed by atoms with Gasteiger partial charge < -0.3 is 15.0 Å². The van der Waals surface area contributed by atoms with Gasteiger partial charge in [-0.2, -0.15) is 0 Å². The van der Waals surface area contributed by atoms with E-state index < -0.39 is 4.92 Å². The molecule has 0 radical (unpaired) electrons. The standard InChI is InChI=1S/C14H18N4O3/c1-10(2)21-13-8-11(7-12(9-13)18(19)20)15-4-3-14-16-5-6-17-14/h5-10,15H,3-4H2,1-2H3,(H,16,17). The third-order valence-electron chi connectivity index (χ3n) is 2.72. The predicted octanol–water partition coefficient (Wildman–Crippen LogP) is 2.76. The molecular formula is C14H18N4O3. The first kappa shape index (κ1) is 14.8. The van der Waals surface area contributed by atoms with Crippen LogP contribution < -0.4 is 10.1 Å². The number of aromatic amines is 1. The van der Waals surface area contributed by atoms with E-state index in [0.29, 0.717) is 24.4 Å². The molecule has 7 nitrogen and oxygen atoms in total. The van der Waals surface area contributed by atoms with E-state index in [0.717, 1.165) is 5.82 Å². The predicted molar refractivity (Wildman–Crippen MR) is 79.6 cm³/mol. The maximum atomic E-state index is 11.0. The number of anilines is 1. The Morgan fingerprint density at radius 2 is 2.24 bits per heavy atom. The Kier molecular flexibility index (Phi) is 4.76. The SMILES string of the molecule is CC(C)Oc1cc(NCCc2ncc[nH]2)cc([N+](=O)[O-])c1. The maximum Gasteiger partial charge on any atom is 0.275 e. The van der Waals surface area contributed by atoms with Gasteiger partial charge in [-0.05, 0) is 13.8 Å². The van der Waals surface area contributed by atoms with Gasteiger partial charge in [0.1, 0.15) is 11.6 Å². The van der Waals surface area contributed by atoms with Gasteiger partial charge in [-0.1, -0.05) is 0 Å². The molecule has 0 aliphatic carbocycles. The van der Waals surface area contributed by atoms with Crippen molar-refractivity contribution in [3.63, 3.8) is 0 Å². The molecule has 0 unspecified atom stereocenters. The second-order valence-corrected chi connectivity index (χ2v) is 4.85. The van der Waals surface area contributed by atoms with Gasteiger partial charge >= 0.3 is 0 Å². The Labute approximate surface area is 122 Å². The highest BCUT2D eigenvalue weighted by molar-refractivity contribution is 5.56. The number of benzene rings is 1. The first-order valence-electron chi connectivity index (χ1n) is 6.73. The van der Waals surface area contributed by atoms with Crippen LogP contribution in [0.5, 0.6) is 5.75 Å². The molecule has 1 aromatic carbocycles. The van der Waals surface area contributed by atoms with Gasteiger partial charge in [-0.3, -0.25) is 10.1 Å². The molecule has 7 heteroatoms. The Bertz CT molecular complexity index is 596. The van der Waals surface area contributed by atoms with Gasteiger partial charge in [0.25, 0.3) is 5.69 Å². The second-order valence-electron chi connectivity index (χ2n) is 4.85. The summed E-state index contributed by atoms with van der Waals surface area (Å²) in [6.45, 7) is 4.38. The number of nitro groups is 1. The molecule has 0 fully saturated rings. The van der Waals surface area contributed by atoms with Crippen molar-refractivity contribution in [3.8, 4) is 5.75 Å². The number of nitro benzene ring substituents is 1. The van der Waals surface area contributed by atoms with Crippen LogP contribution in [-0.4, -0.2) is 27.5 Å². The minimum atomic E-state index is -0.426. The van der Waals surface area contributed by atoms with Gasteiger partial charge in [-0.15, -0.1) is 0 Å². The molecule has 21 heavy (non-hydrogen) atoms. The van der Waals surface area contributed by atoms with E-state index in [2.05, 4.69) is 15.3 Å². The van der Waals surface area contributed by atoms with Crippen LogP contribution in [0.25, 0.3) is 0 Å². The number of hydrogen-bond acceptors (Lipinski definition) is 5. The fourth-order valence-corrected chi connectivity index (χ4v) is 1.89. The lowest BCUT2D eigenvalue weighted by atomic mass is 10.2. The Hall–Kier alpha value is -2.57. The zero-order valence-electron chi connectivity index (χ0n) is 12.0. The number of hydrogen-bond donors (Lipinski definition) is 2. The maximum absolute atomic E-state index is 11.0. The van der Waals surface area contributed by atoms with E-state index in [9.17, 15) is 10.1 Å². The zero-order chi connectivity index (χ0) is 15.2. The van der Waals surface area contributed by atoms with Crippen LogP contribution in [-0.2, 0) is 6.42 Å². The van der Waals surface area contributed by atoms with Gasteiger partial charge in [0.2, 0.25) is 0 Å². The van der Waals surface area contributed by atoms with Crippen molar-refractivity contribution in [2.24, 2.45) is 0 Å². The summed E-state index contributed by atoms with van der Waals surface area (Å²) in [4.78, 5) is 17.7. The van der Waals surface area contributed by atoms with E-state index in [-0.39, 0.29) is 11.8 Å². The number of non-ortho nitro benzene ring substituents is 1. The average molecular weight is 290 g/mol. The molecule has 1 heterocycles. The number of H-pyrrole nitrogens is 1. The molecule has 0 aliphatic rings. The Balaban J connectivity index is 2.06. The summed E-state index contributed by atoms with van der Waals surface area (Å²) < 4.78 is 5.53. The van der Waals surface area contributed by atoms with Crippen molar-refractivity contribution in [2.75, 3.05) is 11.9 Å². The summed E-state index contributed by atoms with van der Waals surface area (Å²) in [5.41, 5.74) is 0.667. The highest BCUT2D eigenvalue weighted by Gasteiger charge is 2.11. The highest BCUT2D eigenvalue weighted by atomic mass is 16.6. The Morgan fingerprint density at radius 1 is 1.43 bits per heavy atom. The number of imidazole rings is 1. The smallest absolute Gasteiger partial charge is 0.275 e. The number of nitrogens with one attached hydrogen (secondary N) is 2. The monoisotopic (exact) mass is 290 g/mol. The summed E-state index contributed by atoms with van der Waals surface area (Å²) >= 11 is 0. The summed E-state index contributed by atoms with van der Waals surface area (Å²) in [5, 5.41) is 14.1. The molecule has 0 spiro atoms. The zero-order valence-corrected chi connectivity index (χ0v) is 12.0. The van der Waals surface area contributed by atoms with Crippen molar-refractivity contribution in [1.29, 1.82) is 0 Å². The van der Waals surface area contributed by atoms with Crippen LogP contribution in [0.1, 0.15) is 19.7 Å². The third kappa shape index (κ3) is 4.48. The second kappa shape index (κ2) is 6.74. The van der Waals surface area contributed by atoms with Gasteiger partial charge in [0, 0.05) is 43.2 Å². The molecule has 0 atom stereocenters. The highest BCUT2D eigenvalue weighted by Crippen LogP contribution is 2.26. The topological polar surface area (TPSA) is 93.1 Å². The van der Waals surface area contributed by atoms with Crippen LogP contribution in [0.4, 0.5) is 11.4 Å². The van der Waals surface area contributed by atoms with Crippen molar-refractivity contribution in [3.05, 3.63) is 46.5 Å². The van der Waals surface area contributed by atoms with Crippen molar-refractivity contribution < 1.29 is 9.66 Å². The molecule has 2 aromatic rings. The first-order valence-corrected chi connectivity index (χ1v) is 6.73. The molecule has 0 bridgehead atoms. The van der Waals surface area contributed by atoms with Gasteiger partial charge in [0.15, 0.2) is 0 Å². The van der Waals surface area contributed by atoms with Crippen LogP contribution >= 0.6 is 0 Å².